The van der Waals surface area contributed by atoms with Crippen molar-refractivity contribution in [1.29, 1.82) is 0 Å². The highest BCUT2D eigenvalue weighted by Crippen LogP contribution is 2.31. The van der Waals surface area contributed by atoms with Crippen LogP contribution in [-0.2, 0) is 0 Å². The Labute approximate surface area is 150 Å². The van der Waals surface area contributed by atoms with E-state index in [9.17, 15) is 0 Å². The summed E-state index contributed by atoms with van der Waals surface area (Å²) in [6, 6.07) is 17.3. The molecule has 2 aromatic heterocycles. The Hall–Kier alpha value is -2.37. The number of anilines is 1. The monoisotopic (exact) mass is 348 g/mol. The van der Waals surface area contributed by atoms with Crippen molar-refractivity contribution >= 4 is 38.1 Å². The van der Waals surface area contributed by atoms with Crippen LogP contribution < -0.4 is 4.90 Å². The van der Waals surface area contributed by atoms with Crippen LogP contribution in [0.25, 0.3) is 26.3 Å². The topological polar surface area (TPSA) is 24.3 Å². The summed E-state index contributed by atoms with van der Waals surface area (Å²) in [5.41, 5.74) is 3.59. The molecule has 0 N–H and O–H groups in total. The number of benzene rings is 2. The largest absolute Gasteiger partial charge is 0.369 e. The van der Waals surface area contributed by atoms with Gasteiger partial charge in [0.1, 0.15) is 0 Å². The molecule has 5 heteroatoms. The van der Waals surface area contributed by atoms with Crippen molar-refractivity contribution in [3.05, 3.63) is 54.7 Å². The van der Waals surface area contributed by atoms with E-state index in [1.54, 1.807) is 11.3 Å². The second kappa shape index (κ2) is 5.86. The lowest BCUT2D eigenvalue weighted by Crippen LogP contribution is -2.44. The number of rotatable bonds is 2. The SMILES string of the molecule is CN1CCN(c2ccc3sc(-n4ccc5ccccc54)nc3c2)CC1. The fraction of sp³-hybridized carbons (Fsp3) is 0.250. The van der Waals surface area contributed by atoms with Gasteiger partial charge >= 0.3 is 0 Å². The Morgan fingerprint density at radius 3 is 2.68 bits per heavy atom. The number of hydrogen-bond donors (Lipinski definition) is 0. The first-order valence-electron chi connectivity index (χ1n) is 8.68. The Kier molecular flexibility index (Phi) is 3.50. The zero-order chi connectivity index (χ0) is 16.8. The van der Waals surface area contributed by atoms with Gasteiger partial charge in [0, 0.05) is 43.4 Å². The average Bonchev–Trinajstić information content (AvgIpc) is 3.25. The fourth-order valence-corrected chi connectivity index (χ4v) is 4.46. The van der Waals surface area contributed by atoms with Gasteiger partial charge in [0.2, 0.25) is 0 Å². The maximum absolute atomic E-state index is 4.92. The molecular weight excluding hydrogens is 328 g/mol. The van der Waals surface area contributed by atoms with Gasteiger partial charge in [0.15, 0.2) is 5.13 Å². The van der Waals surface area contributed by atoms with Gasteiger partial charge < -0.3 is 9.80 Å². The zero-order valence-electron chi connectivity index (χ0n) is 14.2. The molecule has 4 aromatic rings. The van der Waals surface area contributed by atoms with E-state index in [2.05, 4.69) is 76.1 Å². The molecule has 1 aliphatic heterocycles. The molecule has 0 atom stereocenters. The predicted octanol–water partition coefficient (Wildman–Crippen LogP) is 3.99. The number of likely N-dealkylation sites (N-methyl/N-ethyl adjacent to an activating group) is 1. The van der Waals surface area contributed by atoms with Crippen molar-refractivity contribution in [2.75, 3.05) is 38.1 Å². The summed E-state index contributed by atoms with van der Waals surface area (Å²) in [7, 11) is 2.19. The van der Waals surface area contributed by atoms with Crippen molar-refractivity contribution in [2.45, 2.75) is 0 Å². The smallest absolute Gasteiger partial charge is 0.195 e. The molecule has 0 radical (unpaired) electrons. The number of fused-ring (bicyclic) bond motifs is 2. The molecule has 25 heavy (non-hydrogen) atoms. The van der Waals surface area contributed by atoms with Crippen LogP contribution in [0, 0.1) is 0 Å². The molecule has 0 saturated carbocycles. The maximum atomic E-state index is 4.92. The number of nitrogens with zero attached hydrogens (tertiary/aromatic N) is 4. The van der Waals surface area contributed by atoms with E-state index in [1.165, 1.54) is 21.3 Å². The van der Waals surface area contributed by atoms with Crippen LogP contribution in [0.4, 0.5) is 5.69 Å². The molecule has 4 nitrogen and oxygen atoms in total. The molecule has 126 valence electrons. The number of aromatic nitrogens is 2. The van der Waals surface area contributed by atoms with Crippen LogP contribution >= 0.6 is 11.3 Å². The lowest BCUT2D eigenvalue weighted by molar-refractivity contribution is 0.313. The highest BCUT2D eigenvalue weighted by Gasteiger charge is 2.16. The lowest BCUT2D eigenvalue weighted by atomic mass is 10.2. The van der Waals surface area contributed by atoms with Crippen LogP contribution in [-0.4, -0.2) is 47.7 Å². The second-order valence-electron chi connectivity index (χ2n) is 6.68. The average molecular weight is 348 g/mol. The minimum Gasteiger partial charge on any atom is -0.369 e. The van der Waals surface area contributed by atoms with Gasteiger partial charge in [-0.25, -0.2) is 4.98 Å². The summed E-state index contributed by atoms with van der Waals surface area (Å²) in [4.78, 5) is 9.76. The third-order valence-corrected chi connectivity index (χ3v) is 6.07. The summed E-state index contributed by atoms with van der Waals surface area (Å²) < 4.78 is 3.43. The fourth-order valence-electron chi connectivity index (χ4n) is 3.52. The summed E-state index contributed by atoms with van der Waals surface area (Å²) >= 11 is 1.75. The molecule has 0 bridgehead atoms. The highest BCUT2D eigenvalue weighted by atomic mass is 32.1. The Morgan fingerprint density at radius 1 is 0.960 bits per heavy atom. The molecule has 3 heterocycles. The van der Waals surface area contributed by atoms with Gasteiger partial charge in [0.05, 0.1) is 15.7 Å². The van der Waals surface area contributed by atoms with Crippen LogP contribution in [0.3, 0.4) is 0 Å². The first-order valence-corrected chi connectivity index (χ1v) is 9.50. The van der Waals surface area contributed by atoms with Crippen molar-refractivity contribution < 1.29 is 0 Å². The van der Waals surface area contributed by atoms with Crippen LogP contribution in [0.1, 0.15) is 0 Å². The normalized spacial score (nSPS) is 16.1. The minimum atomic E-state index is 1.03. The molecule has 0 unspecified atom stereocenters. The number of para-hydroxylation sites is 1. The Balaban J connectivity index is 1.53. The van der Waals surface area contributed by atoms with E-state index in [0.29, 0.717) is 0 Å². The van der Waals surface area contributed by atoms with Crippen molar-refractivity contribution in [2.24, 2.45) is 0 Å². The maximum Gasteiger partial charge on any atom is 0.195 e. The summed E-state index contributed by atoms with van der Waals surface area (Å²) in [6.45, 7) is 4.41. The van der Waals surface area contributed by atoms with Gasteiger partial charge in [-0.3, -0.25) is 4.57 Å². The molecule has 0 amide bonds. The van der Waals surface area contributed by atoms with E-state index in [0.717, 1.165) is 36.8 Å². The van der Waals surface area contributed by atoms with Crippen molar-refractivity contribution in [3.8, 4) is 5.13 Å². The number of piperazine rings is 1. The first kappa shape index (κ1) is 14.9. The summed E-state index contributed by atoms with van der Waals surface area (Å²) in [6.07, 6.45) is 2.11. The van der Waals surface area contributed by atoms with E-state index in [-0.39, 0.29) is 0 Å². The number of thiazole rings is 1. The van der Waals surface area contributed by atoms with E-state index in [1.807, 2.05) is 0 Å². The van der Waals surface area contributed by atoms with Gasteiger partial charge in [-0.05, 0) is 37.4 Å². The standard InChI is InChI=1S/C20H20N4S/c1-22-10-12-23(13-11-22)16-6-7-19-17(14-16)21-20(25-19)24-9-8-15-4-2-3-5-18(15)24/h2-9,14H,10-13H2,1H3. The Morgan fingerprint density at radius 2 is 1.80 bits per heavy atom. The highest BCUT2D eigenvalue weighted by molar-refractivity contribution is 7.20. The predicted molar refractivity (Wildman–Crippen MR) is 106 cm³/mol. The van der Waals surface area contributed by atoms with Gasteiger partial charge in [-0.2, -0.15) is 0 Å². The molecule has 0 aliphatic carbocycles. The second-order valence-corrected chi connectivity index (χ2v) is 7.69. The molecule has 1 fully saturated rings. The van der Waals surface area contributed by atoms with E-state index >= 15 is 0 Å². The third kappa shape index (κ3) is 2.60. The van der Waals surface area contributed by atoms with E-state index in [4.69, 9.17) is 4.98 Å². The minimum absolute atomic E-state index is 1.03. The first-order chi connectivity index (χ1) is 12.3. The third-order valence-electron chi connectivity index (χ3n) is 5.03. The molecule has 0 spiro atoms. The number of hydrogen-bond acceptors (Lipinski definition) is 4. The van der Waals surface area contributed by atoms with Crippen molar-refractivity contribution in [1.82, 2.24) is 14.5 Å². The van der Waals surface area contributed by atoms with Crippen molar-refractivity contribution in [3.63, 3.8) is 0 Å². The molecule has 1 aliphatic rings. The summed E-state index contributed by atoms with van der Waals surface area (Å²) in [5.74, 6) is 0. The molecule has 2 aromatic carbocycles. The molecular formula is C20H20N4S. The van der Waals surface area contributed by atoms with E-state index < -0.39 is 0 Å². The molecule has 1 saturated heterocycles. The van der Waals surface area contributed by atoms with Crippen LogP contribution in [0.15, 0.2) is 54.7 Å². The molecule has 5 rings (SSSR count). The van der Waals surface area contributed by atoms with Gasteiger partial charge in [-0.15, -0.1) is 0 Å². The Bertz CT molecular complexity index is 1040. The summed E-state index contributed by atoms with van der Waals surface area (Å²) in [5, 5.41) is 2.28. The zero-order valence-corrected chi connectivity index (χ0v) is 15.0. The van der Waals surface area contributed by atoms with Gasteiger partial charge in [-0.1, -0.05) is 29.5 Å². The van der Waals surface area contributed by atoms with Crippen LogP contribution in [0.5, 0.6) is 0 Å². The van der Waals surface area contributed by atoms with Crippen LogP contribution in [0.2, 0.25) is 0 Å². The quantitative estimate of drug-likeness (QED) is 0.547. The van der Waals surface area contributed by atoms with Gasteiger partial charge in [0.25, 0.3) is 0 Å². The lowest BCUT2D eigenvalue weighted by Gasteiger charge is -2.34.